The minimum Gasteiger partial charge on any atom is -0.329 e. The second kappa shape index (κ2) is 6.02. The van der Waals surface area contributed by atoms with Gasteiger partial charge in [0.15, 0.2) is 0 Å². The van der Waals surface area contributed by atoms with Crippen molar-refractivity contribution < 1.29 is 22.5 Å². The first-order valence-corrected chi connectivity index (χ1v) is 7.65. The van der Waals surface area contributed by atoms with Gasteiger partial charge in [-0.3, -0.25) is 4.79 Å². The Morgan fingerprint density at radius 3 is 2.52 bits per heavy atom. The van der Waals surface area contributed by atoms with E-state index in [0.717, 1.165) is 5.56 Å². The molecule has 8 heteroatoms. The van der Waals surface area contributed by atoms with Gasteiger partial charge in [0.05, 0.1) is 6.54 Å². The summed E-state index contributed by atoms with van der Waals surface area (Å²) < 4.78 is 41.7. The third-order valence-electron chi connectivity index (χ3n) is 3.99. The highest BCUT2D eigenvalue weighted by atomic mass is 19.4. The molecule has 0 atom stereocenters. The Morgan fingerprint density at radius 2 is 1.92 bits per heavy atom. The van der Waals surface area contributed by atoms with Crippen LogP contribution in [0.25, 0.3) is 11.4 Å². The van der Waals surface area contributed by atoms with E-state index in [1.165, 1.54) is 0 Å². The van der Waals surface area contributed by atoms with Gasteiger partial charge < -0.3 is 9.42 Å². The van der Waals surface area contributed by atoms with Gasteiger partial charge >= 0.3 is 12.1 Å². The second-order valence-corrected chi connectivity index (χ2v) is 6.52. The van der Waals surface area contributed by atoms with Gasteiger partial charge in [-0.25, -0.2) is 0 Å². The summed E-state index contributed by atoms with van der Waals surface area (Å²) in [6.45, 7) is 4.17. The fourth-order valence-corrected chi connectivity index (χ4v) is 2.55. The Morgan fingerprint density at radius 1 is 1.24 bits per heavy atom. The zero-order valence-electron chi connectivity index (χ0n) is 13.7. The quantitative estimate of drug-likeness (QED) is 0.838. The molecule has 0 saturated carbocycles. The third kappa shape index (κ3) is 3.57. The summed E-state index contributed by atoms with van der Waals surface area (Å²) in [6.07, 6.45) is -0.260. The molecule has 0 N–H and O–H groups in total. The van der Waals surface area contributed by atoms with Crippen LogP contribution >= 0.6 is 0 Å². The van der Waals surface area contributed by atoms with Crippen LogP contribution in [0.1, 0.15) is 31.7 Å². The molecule has 5 nitrogen and oxygen atoms in total. The zero-order chi connectivity index (χ0) is 18.2. The molecule has 1 aromatic heterocycles. The second-order valence-electron chi connectivity index (χ2n) is 6.52. The Hall–Kier alpha value is -2.64. The highest BCUT2D eigenvalue weighted by molar-refractivity contribution is 5.84. The third-order valence-corrected chi connectivity index (χ3v) is 3.99. The number of halogens is 3. The van der Waals surface area contributed by atoms with Crippen molar-refractivity contribution in [2.75, 3.05) is 0 Å². The van der Waals surface area contributed by atoms with Crippen LogP contribution in [0.2, 0.25) is 0 Å². The Bertz CT molecular complexity index is 807. The fourth-order valence-electron chi connectivity index (χ4n) is 2.55. The van der Waals surface area contributed by atoms with Crippen LogP contribution in [0.4, 0.5) is 13.2 Å². The lowest BCUT2D eigenvalue weighted by Gasteiger charge is -2.32. The number of allylic oxidation sites excluding steroid dienone is 1. The van der Waals surface area contributed by atoms with Gasteiger partial charge in [0.25, 0.3) is 0 Å². The lowest BCUT2D eigenvalue weighted by atomic mass is 9.85. The number of carbonyl (C=O) groups excluding carboxylic acids is 1. The first-order valence-electron chi connectivity index (χ1n) is 7.65. The maximum Gasteiger partial charge on any atom is 0.471 e. The molecule has 132 valence electrons. The summed E-state index contributed by atoms with van der Waals surface area (Å²) >= 11 is 0. The molecule has 1 aromatic carbocycles. The van der Waals surface area contributed by atoms with Gasteiger partial charge in [-0.2, -0.15) is 18.2 Å². The number of hydrogen-bond acceptors (Lipinski definition) is 4. The van der Waals surface area contributed by atoms with Crippen molar-refractivity contribution >= 4 is 5.91 Å². The number of alkyl halides is 3. The molecule has 0 saturated heterocycles. The topological polar surface area (TPSA) is 59.2 Å². The van der Waals surface area contributed by atoms with Crippen LogP contribution in [0, 0.1) is 5.41 Å². The summed E-state index contributed by atoms with van der Waals surface area (Å²) in [7, 11) is 0. The van der Waals surface area contributed by atoms with Gasteiger partial charge in [-0.1, -0.05) is 49.3 Å². The van der Waals surface area contributed by atoms with Crippen LogP contribution in [0.5, 0.6) is 0 Å². The van der Waals surface area contributed by atoms with Crippen molar-refractivity contribution in [1.29, 1.82) is 0 Å². The Balaban J connectivity index is 1.75. The molecule has 1 amide bonds. The predicted octanol–water partition coefficient (Wildman–Crippen LogP) is 4.03. The standard InChI is InChI=1S/C17H16F3N3O2/c1-16(2)8-3-9-23(15(16)24)10-11-4-6-12(7-5-11)13-21-14(25-22-13)17(18,19)20/h3-7,9H,8,10H2,1-2H3. The molecule has 1 aliphatic heterocycles. The van der Waals surface area contributed by atoms with E-state index in [-0.39, 0.29) is 11.7 Å². The van der Waals surface area contributed by atoms with Crippen LogP contribution in [-0.2, 0) is 17.5 Å². The number of hydrogen-bond donors (Lipinski definition) is 0. The lowest BCUT2D eigenvalue weighted by Crippen LogP contribution is -2.39. The summed E-state index contributed by atoms with van der Waals surface area (Å²) in [5.41, 5.74) is 0.815. The number of amides is 1. The molecule has 25 heavy (non-hydrogen) atoms. The van der Waals surface area contributed by atoms with Gasteiger partial charge in [0.1, 0.15) is 0 Å². The number of carbonyl (C=O) groups is 1. The number of benzene rings is 1. The van der Waals surface area contributed by atoms with Crippen molar-refractivity contribution in [1.82, 2.24) is 15.0 Å². The number of nitrogens with zero attached hydrogens (tertiary/aromatic N) is 3. The molecule has 0 bridgehead atoms. The van der Waals surface area contributed by atoms with Crippen LogP contribution < -0.4 is 0 Å². The van der Waals surface area contributed by atoms with Crippen LogP contribution in [0.3, 0.4) is 0 Å². The Labute approximate surface area is 142 Å². The van der Waals surface area contributed by atoms with E-state index < -0.39 is 17.5 Å². The van der Waals surface area contributed by atoms with Crippen molar-refractivity contribution in [2.24, 2.45) is 5.41 Å². The summed E-state index contributed by atoms with van der Waals surface area (Å²) in [5.74, 6) is -1.47. The summed E-state index contributed by atoms with van der Waals surface area (Å²) in [4.78, 5) is 17.4. The van der Waals surface area contributed by atoms with E-state index in [0.29, 0.717) is 18.5 Å². The lowest BCUT2D eigenvalue weighted by molar-refractivity contribution is -0.159. The van der Waals surface area contributed by atoms with Gasteiger partial charge in [-0.05, 0) is 12.0 Å². The van der Waals surface area contributed by atoms with Gasteiger partial charge in [-0.15, -0.1) is 0 Å². The minimum atomic E-state index is -4.67. The molecule has 2 heterocycles. The monoisotopic (exact) mass is 351 g/mol. The molecule has 3 rings (SSSR count). The molecular weight excluding hydrogens is 335 g/mol. The normalized spacial score (nSPS) is 17.2. The van der Waals surface area contributed by atoms with Crippen molar-refractivity contribution in [2.45, 2.75) is 33.0 Å². The van der Waals surface area contributed by atoms with E-state index >= 15 is 0 Å². The molecule has 2 aromatic rings. The maximum atomic E-state index is 12.5. The predicted molar refractivity (Wildman–Crippen MR) is 82.8 cm³/mol. The molecule has 1 aliphatic rings. The maximum absolute atomic E-state index is 12.5. The smallest absolute Gasteiger partial charge is 0.329 e. The molecule has 0 radical (unpaired) electrons. The molecule has 0 spiro atoms. The van der Waals surface area contributed by atoms with E-state index in [1.807, 2.05) is 19.9 Å². The largest absolute Gasteiger partial charge is 0.471 e. The molecular formula is C17H16F3N3O2. The van der Waals surface area contributed by atoms with E-state index in [9.17, 15) is 18.0 Å². The van der Waals surface area contributed by atoms with Crippen molar-refractivity contribution in [3.05, 3.63) is 48.0 Å². The SMILES string of the molecule is CC1(C)CC=CN(Cc2ccc(-c3noc(C(F)(F)F)n3)cc2)C1=O. The number of aromatic nitrogens is 2. The highest BCUT2D eigenvalue weighted by Crippen LogP contribution is 2.30. The molecule has 0 unspecified atom stereocenters. The van der Waals surface area contributed by atoms with Crippen molar-refractivity contribution in [3.8, 4) is 11.4 Å². The van der Waals surface area contributed by atoms with Crippen LogP contribution in [-0.4, -0.2) is 20.9 Å². The molecule has 0 fully saturated rings. The summed E-state index contributed by atoms with van der Waals surface area (Å²) in [5, 5.41) is 3.35. The number of rotatable bonds is 3. The van der Waals surface area contributed by atoms with Gasteiger partial charge in [0.2, 0.25) is 11.7 Å². The van der Waals surface area contributed by atoms with E-state index in [2.05, 4.69) is 14.7 Å². The zero-order valence-corrected chi connectivity index (χ0v) is 13.7. The Kier molecular flexibility index (Phi) is 4.14. The van der Waals surface area contributed by atoms with Crippen molar-refractivity contribution in [3.63, 3.8) is 0 Å². The highest BCUT2D eigenvalue weighted by Gasteiger charge is 2.38. The van der Waals surface area contributed by atoms with Crippen LogP contribution in [0.15, 0.2) is 41.1 Å². The average molecular weight is 351 g/mol. The van der Waals surface area contributed by atoms with E-state index in [1.54, 1.807) is 35.4 Å². The first-order chi connectivity index (χ1) is 11.7. The average Bonchev–Trinajstić information content (AvgIpc) is 3.03. The molecule has 0 aliphatic carbocycles. The summed E-state index contributed by atoms with van der Waals surface area (Å²) in [6, 6.07) is 6.65. The minimum absolute atomic E-state index is 0.0343. The fraction of sp³-hybridized carbons (Fsp3) is 0.353. The van der Waals surface area contributed by atoms with E-state index in [4.69, 9.17) is 0 Å². The first kappa shape index (κ1) is 17.2. The van der Waals surface area contributed by atoms with Gasteiger partial charge in [0, 0.05) is 17.2 Å².